The van der Waals surface area contributed by atoms with Crippen LogP contribution in [0.25, 0.3) is 0 Å². The highest BCUT2D eigenvalue weighted by Gasteiger charge is 2.46. The first kappa shape index (κ1) is 22.4. The minimum Gasteiger partial charge on any atom is -0.480 e. The number of carboxylic acids is 1. The number of rotatable bonds is 6. The summed E-state index contributed by atoms with van der Waals surface area (Å²) in [7, 11) is -4.41. The van der Waals surface area contributed by atoms with Gasteiger partial charge in [-0.1, -0.05) is 25.4 Å². The molecule has 1 aliphatic rings. The third-order valence-corrected chi connectivity index (χ3v) is 5.83. The minimum absolute atomic E-state index is 0.139. The Balaban J connectivity index is 2.41. The third kappa shape index (κ3) is 4.74. The first-order chi connectivity index (χ1) is 12.7. The van der Waals surface area contributed by atoms with Crippen molar-refractivity contribution in [3.8, 4) is 0 Å². The molecule has 3 N–H and O–H groups in total. The predicted molar refractivity (Wildman–Crippen MR) is 92.2 cm³/mol. The van der Waals surface area contributed by atoms with Crippen LogP contribution < -0.4 is 10.0 Å². The van der Waals surface area contributed by atoms with Crippen LogP contribution in [0, 0.1) is 5.92 Å². The molecule has 13 heteroatoms. The van der Waals surface area contributed by atoms with Gasteiger partial charge in [0.25, 0.3) is 5.91 Å². The van der Waals surface area contributed by atoms with Crippen molar-refractivity contribution in [1.29, 1.82) is 0 Å². The number of benzene rings is 1. The molecular formula is C15H17ClF3N3O5S. The summed E-state index contributed by atoms with van der Waals surface area (Å²) in [5.74, 6) is -2.87. The van der Waals surface area contributed by atoms with Crippen molar-refractivity contribution >= 4 is 33.7 Å². The van der Waals surface area contributed by atoms with E-state index in [1.807, 2.05) is 0 Å². The Hall–Kier alpha value is -1.89. The third-order valence-electron chi connectivity index (χ3n) is 4.04. The van der Waals surface area contributed by atoms with E-state index in [-0.39, 0.29) is 10.6 Å². The van der Waals surface area contributed by atoms with Gasteiger partial charge < -0.3 is 5.11 Å². The van der Waals surface area contributed by atoms with Crippen molar-refractivity contribution in [3.63, 3.8) is 0 Å². The molecule has 1 fully saturated rings. The SMILES string of the molecule is CC(C)[C@H](N[C@H]1C(=O)NS(=O)(=O)N1Cc1cc(C(F)(F)F)ccc1Cl)C(=O)O. The number of nitrogens with zero attached hydrogens (tertiary/aromatic N) is 1. The number of alkyl halides is 3. The fraction of sp³-hybridized carbons (Fsp3) is 0.467. The van der Waals surface area contributed by atoms with Crippen LogP contribution in [0.5, 0.6) is 0 Å². The van der Waals surface area contributed by atoms with E-state index in [1.54, 1.807) is 18.6 Å². The van der Waals surface area contributed by atoms with Crippen LogP contribution in [0.15, 0.2) is 18.2 Å². The Morgan fingerprint density at radius 3 is 2.50 bits per heavy atom. The van der Waals surface area contributed by atoms with Crippen LogP contribution in [0.1, 0.15) is 25.0 Å². The van der Waals surface area contributed by atoms with E-state index >= 15 is 0 Å². The lowest BCUT2D eigenvalue weighted by Crippen LogP contribution is -2.54. The molecule has 1 saturated heterocycles. The number of hydrogen-bond acceptors (Lipinski definition) is 5. The Morgan fingerprint density at radius 1 is 1.39 bits per heavy atom. The quantitative estimate of drug-likeness (QED) is 0.614. The molecule has 1 aromatic rings. The normalized spacial score (nSPS) is 21.0. The highest BCUT2D eigenvalue weighted by molar-refractivity contribution is 7.88. The van der Waals surface area contributed by atoms with Crippen LogP contribution >= 0.6 is 11.6 Å². The van der Waals surface area contributed by atoms with Gasteiger partial charge in [-0.15, -0.1) is 0 Å². The molecule has 2 rings (SSSR count). The lowest BCUT2D eigenvalue weighted by Gasteiger charge is -2.26. The van der Waals surface area contributed by atoms with Gasteiger partial charge in [0.1, 0.15) is 6.04 Å². The monoisotopic (exact) mass is 443 g/mol. The van der Waals surface area contributed by atoms with E-state index in [0.717, 1.165) is 12.1 Å². The molecule has 28 heavy (non-hydrogen) atoms. The van der Waals surface area contributed by atoms with Crippen molar-refractivity contribution in [2.75, 3.05) is 0 Å². The number of aliphatic carboxylic acids is 1. The van der Waals surface area contributed by atoms with Crippen molar-refractivity contribution in [1.82, 2.24) is 14.3 Å². The summed E-state index contributed by atoms with van der Waals surface area (Å²) in [5.41, 5.74) is -1.24. The molecule has 0 unspecified atom stereocenters. The average Bonchev–Trinajstić information content (AvgIpc) is 2.73. The minimum atomic E-state index is -4.68. The molecule has 156 valence electrons. The standard InChI is InChI=1S/C15H17ClF3N3O5S/c1-7(2)11(14(24)25)20-12-13(23)21-28(26,27)22(12)6-8-5-9(15(17,18)19)3-4-10(8)16/h3-5,7,11-12,20H,6H2,1-2H3,(H,21,23)(H,24,25)/t11-,12+/m0/s1. The van der Waals surface area contributed by atoms with Gasteiger partial charge in [-0.3, -0.25) is 14.9 Å². The van der Waals surface area contributed by atoms with Crippen LogP contribution in [-0.4, -0.2) is 41.9 Å². The number of hydrogen-bond donors (Lipinski definition) is 3. The van der Waals surface area contributed by atoms with E-state index < -0.39 is 58.5 Å². The zero-order valence-electron chi connectivity index (χ0n) is 14.6. The fourth-order valence-corrected chi connectivity index (χ4v) is 4.01. The summed E-state index contributed by atoms with van der Waals surface area (Å²) < 4.78 is 65.5. The van der Waals surface area contributed by atoms with Gasteiger partial charge in [0.05, 0.1) is 5.56 Å². The Morgan fingerprint density at radius 2 is 2.00 bits per heavy atom. The molecule has 1 aliphatic heterocycles. The highest BCUT2D eigenvalue weighted by Crippen LogP contribution is 2.33. The van der Waals surface area contributed by atoms with E-state index in [9.17, 15) is 36.3 Å². The highest BCUT2D eigenvalue weighted by atomic mass is 35.5. The van der Waals surface area contributed by atoms with Crippen LogP contribution in [0.3, 0.4) is 0 Å². The molecule has 2 atom stereocenters. The maximum Gasteiger partial charge on any atom is 0.416 e. The molecule has 1 heterocycles. The van der Waals surface area contributed by atoms with E-state index in [2.05, 4.69) is 5.32 Å². The zero-order chi connectivity index (χ0) is 21.4. The molecule has 1 amide bonds. The smallest absolute Gasteiger partial charge is 0.416 e. The molecule has 1 aromatic carbocycles. The van der Waals surface area contributed by atoms with Gasteiger partial charge in [-0.05, 0) is 29.7 Å². The van der Waals surface area contributed by atoms with Gasteiger partial charge in [-0.2, -0.15) is 25.9 Å². The number of nitrogens with one attached hydrogen (secondary N) is 2. The van der Waals surface area contributed by atoms with Crippen molar-refractivity contribution in [2.24, 2.45) is 5.92 Å². The summed E-state index contributed by atoms with van der Waals surface area (Å²) in [5, 5.41) is 11.5. The first-order valence-corrected chi connectivity index (χ1v) is 9.73. The summed E-state index contributed by atoms with van der Waals surface area (Å²) in [6.07, 6.45) is -6.31. The number of carboxylic acid groups (broad SMARTS) is 1. The average molecular weight is 444 g/mol. The van der Waals surface area contributed by atoms with Gasteiger partial charge in [0.2, 0.25) is 0 Å². The van der Waals surface area contributed by atoms with Crippen LogP contribution in [-0.2, 0) is 32.5 Å². The van der Waals surface area contributed by atoms with Crippen molar-refractivity contribution in [3.05, 3.63) is 34.3 Å². The molecule has 0 aromatic heterocycles. The Kier molecular flexibility index (Phi) is 6.28. The second kappa shape index (κ2) is 7.85. The molecule has 0 aliphatic carbocycles. The Bertz CT molecular complexity index is 891. The lowest BCUT2D eigenvalue weighted by molar-refractivity contribution is -0.141. The summed E-state index contributed by atoms with van der Waals surface area (Å²) >= 11 is 5.90. The summed E-state index contributed by atoms with van der Waals surface area (Å²) in [4.78, 5) is 23.4. The summed E-state index contributed by atoms with van der Waals surface area (Å²) in [6, 6.07) is 1.11. The van der Waals surface area contributed by atoms with Gasteiger partial charge >= 0.3 is 22.4 Å². The maximum absolute atomic E-state index is 12.9. The van der Waals surface area contributed by atoms with Crippen molar-refractivity contribution in [2.45, 2.75) is 38.8 Å². The van der Waals surface area contributed by atoms with Crippen LogP contribution in [0.2, 0.25) is 5.02 Å². The van der Waals surface area contributed by atoms with Gasteiger partial charge in [0.15, 0.2) is 6.17 Å². The second-order valence-electron chi connectivity index (χ2n) is 6.45. The van der Waals surface area contributed by atoms with Crippen molar-refractivity contribution < 1.29 is 36.3 Å². The van der Waals surface area contributed by atoms with E-state index in [4.69, 9.17) is 11.6 Å². The van der Waals surface area contributed by atoms with Crippen LogP contribution in [0.4, 0.5) is 13.2 Å². The first-order valence-electron chi connectivity index (χ1n) is 7.92. The topological polar surface area (TPSA) is 116 Å². The van der Waals surface area contributed by atoms with E-state index in [1.165, 1.54) is 0 Å². The molecule has 0 spiro atoms. The molecule has 0 bridgehead atoms. The molecule has 0 saturated carbocycles. The van der Waals surface area contributed by atoms with Gasteiger partial charge in [-0.25, -0.2) is 4.72 Å². The number of carbonyl (C=O) groups excluding carboxylic acids is 1. The molecule has 0 radical (unpaired) electrons. The number of amides is 1. The molecule has 8 nitrogen and oxygen atoms in total. The largest absolute Gasteiger partial charge is 0.480 e. The second-order valence-corrected chi connectivity index (χ2v) is 8.48. The fourth-order valence-electron chi connectivity index (χ4n) is 2.61. The number of halogens is 4. The Labute approximate surface area is 163 Å². The summed E-state index contributed by atoms with van der Waals surface area (Å²) in [6.45, 7) is 2.41. The van der Waals surface area contributed by atoms with E-state index in [0.29, 0.717) is 10.4 Å². The predicted octanol–water partition coefficient (Wildman–Crippen LogP) is 1.56. The lowest BCUT2D eigenvalue weighted by atomic mass is 10.0. The molecular weight excluding hydrogens is 427 g/mol. The maximum atomic E-state index is 12.9. The zero-order valence-corrected chi connectivity index (χ0v) is 16.2. The van der Waals surface area contributed by atoms with Gasteiger partial charge in [0, 0.05) is 11.6 Å². The number of carbonyl (C=O) groups is 2.